The molecule has 0 aromatic rings. The molecule has 0 aromatic heterocycles. The Labute approximate surface area is 96.0 Å². The van der Waals surface area contributed by atoms with Gasteiger partial charge in [0.15, 0.2) is 0 Å². The van der Waals surface area contributed by atoms with E-state index in [1.165, 1.54) is 12.8 Å². The van der Waals surface area contributed by atoms with Gasteiger partial charge in [0.1, 0.15) is 0 Å². The van der Waals surface area contributed by atoms with Crippen LogP contribution in [-0.2, 0) is 0 Å². The van der Waals surface area contributed by atoms with Gasteiger partial charge in [-0.1, -0.05) is 0 Å². The van der Waals surface area contributed by atoms with E-state index >= 15 is 0 Å². The maximum Gasteiger partial charge on any atom is 0.0688 e. The molecule has 16 heavy (non-hydrogen) atoms. The molecule has 0 radical (unpaired) electrons. The quantitative estimate of drug-likeness (QED) is 0.645. The lowest BCUT2D eigenvalue weighted by Crippen LogP contribution is -2.48. The third-order valence-electron chi connectivity index (χ3n) is 7.49. The first-order chi connectivity index (χ1) is 7.47. The van der Waals surface area contributed by atoms with Gasteiger partial charge in [0.05, 0.1) is 11.2 Å². The second kappa shape index (κ2) is 2.01. The Morgan fingerprint density at radius 3 is 1.50 bits per heavy atom. The highest BCUT2D eigenvalue weighted by Gasteiger charge is 2.86. The highest BCUT2D eigenvalue weighted by Crippen LogP contribution is 2.84. The van der Waals surface area contributed by atoms with Crippen molar-refractivity contribution in [3.63, 3.8) is 0 Å². The summed E-state index contributed by atoms with van der Waals surface area (Å²) in [5, 5.41) is 21.6. The first kappa shape index (κ1) is 8.93. The zero-order valence-corrected chi connectivity index (χ0v) is 9.93. The summed E-state index contributed by atoms with van der Waals surface area (Å²) in [6, 6.07) is 0. The fourth-order valence-electron chi connectivity index (χ4n) is 7.77. The first-order valence-electron chi connectivity index (χ1n) is 6.92. The SMILES string of the molecule is C[C@@]1(O)C2C3CCC4C2C2C1C3C4[C@@]2(C)O. The van der Waals surface area contributed by atoms with Gasteiger partial charge in [-0.25, -0.2) is 0 Å². The van der Waals surface area contributed by atoms with Crippen LogP contribution >= 0.6 is 0 Å². The van der Waals surface area contributed by atoms with E-state index in [9.17, 15) is 10.2 Å². The van der Waals surface area contributed by atoms with E-state index in [4.69, 9.17) is 0 Å². The fraction of sp³-hybridized carbons (Fsp3) is 1.00. The first-order valence-corrected chi connectivity index (χ1v) is 6.92. The average molecular weight is 220 g/mol. The topological polar surface area (TPSA) is 40.5 Å². The maximum atomic E-state index is 10.8. The van der Waals surface area contributed by atoms with Gasteiger partial charge < -0.3 is 10.2 Å². The molecule has 88 valence electrons. The van der Waals surface area contributed by atoms with Crippen LogP contribution in [0.4, 0.5) is 0 Å². The van der Waals surface area contributed by atoms with E-state index in [0.29, 0.717) is 35.5 Å². The highest BCUT2D eigenvalue weighted by molar-refractivity contribution is 5.34. The third-order valence-corrected chi connectivity index (χ3v) is 7.49. The van der Waals surface area contributed by atoms with Gasteiger partial charge in [0.25, 0.3) is 0 Å². The molecule has 2 N–H and O–H groups in total. The molecule has 6 fully saturated rings. The average Bonchev–Trinajstić information content (AvgIpc) is 2.76. The van der Waals surface area contributed by atoms with Crippen LogP contribution in [0.2, 0.25) is 0 Å². The normalized spacial score (nSPS) is 81.8. The van der Waals surface area contributed by atoms with Crippen LogP contribution in [0.3, 0.4) is 0 Å². The van der Waals surface area contributed by atoms with Crippen molar-refractivity contribution in [2.45, 2.75) is 37.9 Å². The Hall–Kier alpha value is -0.0800. The number of rotatable bonds is 0. The molecule has 6 bridgehead atoms. The van der Waals surface area contributed by atoms with Crippen molar-refractivity contribution in [1.29, 1.82) is 0 Å². The summed E-state index contributed by atoms with van der Waals surface area (Å²) in [7, 11) is 0. The van der Waals surface area contributed by atoms with E-state index < -0.39 is 11.2 Å². The summed E-state index contributed by atoms with van der Waals surface area (Å²) < 4.78 is 0. The molecule has 2 heteroatoms. The van der Waals surface area contributed by atoms with Gasteiger partial charge in [-0.05, 0) is 74.0 Å². The molecule has 6 rings (SSSR count). The molecule has 2 nitrogen and oxygen atoms in total. The Kier molecular flexibility index (Phi) is 1.12. The lowest BCUT2D eigenvalue weighted by molar-refractivity contribution is -0.0697. The Morgan fingerprint density at radius 2 is 1.12 bits per heavy atom. The van der Waals surface area contributed by atoms with Crippen LogP contribution in [0.15, 0.2) is 0 Å². The third kappa shape index (κ3) is 0.551. The van der Waals surface area contributed by atoms with Gasteiger partial charge in [-0.15, -0.1) is 0 Å². The van der Waals surface area contributed by atoms with Crippen LogP contribution in [0.25, 0.3) is 0 Å². The summed E-state index contributed by atoms with van der Waals surface area (Å²) in [4.78, 5) is 0. The van der Waals surface area contributed by atoms with E-state index in [2.05, 4.69) is 13.8 Å². The van der Waals surface area contributed by atoms with Crippen molar-refractivity contribution in [3.05, 3.63) is 0 Å². The summed E-state index contributed by atoms with van der Waals surface area (Å²) in [6.45, 7) is 4.13. The van der Waals surface area contributed by atoms with Gasteiger partial charge in [0.2, 0.25) is 0 Å². The predicted molar refractivity (Wildman–Crippen MR) is 58.4 cm³/mol. The van der Waals surface area contributed by atoms with Crippen molar-refractivity contribution in [3.8, 4) is 0 Å². The molecule has 0 aromatic carbocycles. The summed E-state index contributed by atoms with van der Waals surface area (Å²) in [5.74, 6) is 4.68. The monoisotopic (exact) mass is 220 g/mol. The molecule has 8 unspecified atom stereocenters. The second-order valence-electron chi connectivity index (χ2n) is 7.61. The molecule has 6 saturated carbocycles. The summed E-state index contributed by atoms with van der Waals surface area (Å²) >= 11 is 0. The predicted octanol–water partition coefficient (Wildman–Crippen LogP) is 1.27. The lowest BCUT2D eigenvalue weighted by Gasteiger charge is -2.51. The largest absolute Gasteiger partial charge is 0.390 e. The molecular weight excluding hydrogens is 200 g/mol. The van der Waals surface area contributed by atoms with Crippen LogP contribution in [0.1, 0.15) is 26.7 Å². The van der Waals surface area contributed by atoms with E-state index in [0.717, 1.165) is 11.8 Å². The number of hydrogen-bond acceptors (Lipinski definition) is 2. The Bertz CT molecular complexity index is 362. The highest BCUT2D eigenvalue weighted by atomic mass is 16.3. The molecule has 0 heterocycles. The molecule has 0 saturated heterocycles. The van der Waals surface area contributed by atoms with E-state index in [1.807, 2.05) is 0 Å². The number of hydrogen-bond donors (Lipinski definition) is 2. The summed E-state index contributed by atoms with van der Waals surface area (Å²) in [5.41, 5.74) is -0.919. The van der Waals surface area contributed by atoms with E-state index in [-0.39, 0.29) is 0 Å². The minimum absolute atomic E-state index is 0.420. The zero-order valence-electron chi connectivity index (χ0n) is 9.93. The van der Waals surface area contributed by atoms with Crippen molar-refractivity contribution in [2.75, 3.05) is 0 Å². The van der Waals surface area contributed by atoms with Crippen molar-refractivity contribution in [1.82, 2.24) is 0 Å². The molecule has 10 atom stereocenters. The van der Waals surface area contributed by atoms with Gasteiger partial charge >= 0.3 is 0 Å². The molecule has 6 aliphatic carbocycles. The Balaban J connectivity index is 1.82. The molecular formula is C14H20O2. The Morgan fingerprint density at radius 1 is 0.750 bits per heavy atom. The van der Waals surface area contributed by atoms with Crippen molar-refractivity contribution < 1.29 is 10.2 Å². The summed E-state index contributed by atoms with van der Waals surface area (Å²) in [6.07, 6.45) is 2.64. The van der Waals surface area contributed by atoms with Crippen molar-refractivity contribution in [2.24, 2.45) is 47.3 Å². The smallest absolute Gasteiger partial charge is 0.0688 e. The molecule has 0 spiro atoms. The standard InChI is InChI=1S/C14H20O2/c1-13(15)9-5-3-4-6-7(9)12-11(13)8(5)10(6)14(12,2)16/h5-12,15-16H,3-4H2,1-2H3/t5?,6?,7?,8?,9?,10?,11?,12?,13-,14-/m1/s1. The molecule has 0 amide bonds. The van der Waals surface area contributed by atoms with Crippen molar-refractivity contribution >= 4 is 0 Å². The molecule has 6 aliphatic rings. The number of aliphatic hydroxyl groups is 2. The van der Waals surface area contributed by atoms with Crippen LogP contribution in [-0.4, -0.2) is 21.4 Å². The van der Waals surface area contributed by atoms with Crippen LogP contribution in [0, 0.1) is 47.3 Å². The maximum absolute atomic E-state index is 10.8. The molecule has 0 aliphatic heterocycles. The fourth-order valence-corrected chi connectivity index (χ4v) is 7.77. The van der Waals surface area contributed by atoms with Gasteiger partial charge in [-0.2, -0.15) is 0 Å². The lowest BCUT2D eigenvalue weighted by atomic mass is 9.53. The minimum atomic E-state index is -0.460. The number of fused-ring (bicyclic) bond motifs is 1. The minimum Gasteiger partial charge on any atom is -0.390 e. The van der Waals surface area contributed by atoms with Gasteiger partial charge in [0, 0.05) is 0 Å². The van der Waals surface area contributed by atoms with E-state index in [1.54, 1.807) is 0 Å². The van der Waals surface area contributed by atoms with Gasteiger partial charge in [-0.3, -0.25) is 0 Å². The second-order valence-corrected chi connectivity index (χ2v) is 7.61. The van der Waals surface area contributed by atoms with Crippen LogP contribution in [0.5, 0.6) is 0 Å². The zero-order chi connectivity index (χ0) is 11.0. The van der Waals surface area contributed by atoms with Crippen LogP contribution < -0.4 is 0 Å².